The Hall–Kier alpha value is -0.120. The van der Waals surface area contributed by atoms with Crippen molar-refractivity contribution in [3.63, 3.8) is 0 Å². The summed E-state index contributed by atoms with van der Waals surface area (Å²) in [6.45, 7) is 8.03. The minimum Gasteiger partial charge on any atom is -0.330 e. The van der Waals surface area contributed by atoms with E-state index >= 15 is 0 Å². The van der Waals surface area contributed by atoms with E-state index < -0.39 is 0 Å². The molecule has 0 unspecified atom stereocenters. The topological polar surface area (TPSA) is 41.3 Å². The van der Waals surface area contributed by atoms with Gasteiger partial charge in [0.05, 0.1) is 0 Å². The molecule has 0 aromatic carbocycles. The molecule has 0 rings (SSSR count). The summed E-state index contributed by atoms with van der Waals surface area (Å²) in [7, 11) is 2.28. The maximum Gasteiger partial charge on any atom is -0.00218 e. The second-order valence-corrected chi connectivity index (χ2v) is 7.79. The van der Waals surface area contributed by atoms with Gasteiger partial charge in [-0.25, -0.2) is 0 Å². The third-order valence-electron chi connectivity index (χ3n) is 5.09. The Labute approximate surface area is 159 Å². The summed E-state index contributed by atoms with van der Waals surface area (Å²) >= 11 is 0. The van der Waals surface area contributed by atoms with Gasteiger partial charge in [0, 0.05) is 0 Å². The molecule has 0 aliphatic rings. The molecule has 0 saturated carbocycles. The molecule has 0 aromatic rings. The van der Waals surface area contributed by atoms with Gasteiger partial charge in [-0.2, -0.15) is 0 Å². The monoisotopic (exact) mass is 355 g/mol. The zero-order valence-corrected chi connectivity index (χ0v) is 17.7. The zero-order chi connectivity index (χ0) is 18.4. The lowest BCUT2D eigenvalue weighted by Crippen LogP contribution is -2.20. The van der Waals surface area contributed by atoms with Crippen LogP contribution >= 0.6 is 0 Å². The van der Waals surface area contributed by atoms with Crippen LogP contribution in [0.5, 0.6) is 0 Å². The van der Waals surface area contributed by atoms with E-state index in [0.717, 1.165) is 19.5 Å². The molecule has 3 N–H and O–H groups in total. The van der Waals surface area contributed by atoms with E-state index in [1.165, 1.54) is 110 Å². The molecule has 3 nitrogen and oxygen atoms in total. The van der Waals surface area contributed by atoms with E-state index in [0.29, 0.717) is 0 Å². The minimum absolute atomic E-state index is 0.831. The fraction of sp³-hybridized carbons (Fsp3) is 1.00. The summed E-state index contributed by atoms with van der Waals surface area (Å²) < 4.78 is 0. The maximum atomic E-state index is 5.49. The maximum absolute atomic E-state index is 5.49. The first kappa shape index (κ1) is 24.9. The van der Waals surface area contributed by atoms with Crippen molar-refractivity contribution >= 4 is 0 Å². The van der Waals surface area contributed by atoms with Crippen LogP contribution in [0.25, 0.3) is 0 Å². The van der Waals surface area contributed by atoms with Crippen LogP contribution < -0.4 is 11.1 Å². The van der Waals surface area contributed by atoms with Crippen LogP contribution in [0.15, 0.2) is 0 Å². The first-order valence-corrected chi connectivity index (χ1v) is 11.4. The first-order chi connectivity index (χ1) is 12.3. The van der Waals surface area contributed by atoms with Gasteiger partial charge in [-0.05, 0) is 71.9 Å². The van der Waals surface area contributed by atoms with Crippen LogP contribution in [0.4, 0.5) is 0 Å². The quantitative estimate of drug-likeness (QED) is 0.273. The molecule has 0 aromatic heterocycles. The molecule has 0 amide bonds. The molecule has 0 aliphatic heterocycles. The summed E-state index contributed by atoms with van der Waals surface area (Å²) in [5, 5.41) is 3.51. The second kappa shape index (κ2) is 21.9. The highest BCUT2D eigenvalue weighted by Gasteiger charge is 1.98. The van der Waals surface area contributed by atoms with Crippen molar-refractivity contribution in [2.24, 2.45) is 5.73 Å². The van der Waals surface area contributed by atoms with E-state index in [-0.39, 0.29) is 0 Å². The smallest absolute Gasteiger partial charge is 0.00218 e. The Balaban J connectivity index is 3.05. The molecule has 0 fully saturated rings. The molecule has 0 aliphatic carbocycles. The van der Waals surface area contributed by atoms with Gasteiger partial charge in [0.25, 0.3) is 0 Å². The Morgan fingerprint density at radius 1 is 0.600 bits per heavy atom. The molecule has 0 saturated heterocycles. The largest absolute Gasteiger partial charge is 0.330 e. The number of unbranched alkanes of at least 4 members (excludes halogenated alkanes) is 12. The molecule has 0 heterocycles. The van der Waals surface area contributed by atoms with Crippen LogP contribution in [0.2, 0.25) is 0 Å². The SMILES string of the molecule is CCCCCN(C)CCCCCCCCCCCCNCCCCN. The number of nitrogens with two attached hydrogens (primary N) is 1. The number of rotatable bonds is 21. The molecule has 0 radical (unpaired) electrons. The molecular formula is C22H49N3. The highest BCUT2D eigenvalue weighted by molar-refractivity contribution is 4.54. The predicted molar refractivity (Wildman–Crippen MR) is 114 cm³/mol. The van der Waals surface area contributed by atoms with Gasteiger partial charge >= 0.3 is 0 Å². The summed E-state index contributed by atoms with van der Waals surface area (Å²) in [5.74, 6) is 0. The van der Waals surface area contributed by atoms with Crippen LogP contribution in [0.1, 0.15) is 103 Å². The van der Waals surface area contributed by atoms with Gasteiger partial charge in [-0.3, -0.25) is 0 Å². The third-order valence-corrected chi connectivity index (χ3v) is 5.09. The number of hydrogen-bond acceptors (Lipinski definition) is 3. The Morgan fingerprint density at radius 3 is 1.56 bits per heavy atom. The molecule has 0 atom stereocenters. The van der Waals surface area contributed by atoms with Gasteiger partial charge in [0.15, 0.2) is 0 Å². The number of nitrogens with zero attached hydrogens (tertiary/aromatic N) is 1. The van der Waals surface area contributed by atoms with Gasteiger partial charge in [0.1, 0.15) is 0 Å². The normalized spacial score (nSPS) is 11.5. The fourth-order valence-electron chi connectivity index (χ4n) is 3.31. The zero-order valence-electron chi connectivity index (χ0n) is 17.7. The average molecular weight is 356 g/mol. The standard InChI is InChI=1S/C22H49N3/c1-3-4-16-21-25(2)22-17-12-10-8-6-5-7-9-11-14-19-24-20-15-13-18-23/h24H,3-23H2,1-2H3. The minimum atomic E-state index is 0.831. The van der Waals surface area contributed by atoms with Gasteiger partial charge < -0.3 is 16.0 Å². The Morgan fingerprint density at radius 2 is 1.04 bits per heavy atom. The highest BCUT2D eigenvalue weighted by atomic mass is 15.1. The van der Waals surface area contributed by atoms with Crippen molar-refractivity contribution in [3.05, 3.63) is 0 Å². The van der Waals surface area contributed by atoms with Crippen LogP contribution in [0.3, 0.4) is 0 Å². The molecule has 0 bridgehead atoms. The number of hydrogen-bond donors (Lipinski definition) is 2. The lowest BCUT2D eigenvalue weighted by Gasteiger charge is -2.15. The third kappa shape index (κ3) is 21.8. The summed E-state index contributed by atoms with van der Waals surface area (Å²) in [4.78, 5) is 2.52. The van der Waals surface area contributed by atoms with Gasteiger partial charge in [0.2, 0.25) is 0 Å². The lowest BCUT2D eigenvalue weighted by atomic mass is 10.1. The molecular weight excluding hydrogens is 306 g/mol. The van der Waals surface area contributed by atoms with Crippen molar-refractivity contribution in [3.8, 4) is 0 Å². The highest BCUT2D eigenvalue weighted by Crippen LogP contribution is 2.10. The van der Waals surface area contributed by atoms with Crippen molar-refractivity contribution in [2.45, 2.75) is 103 Å². The van der Waals surface area contributed by atoms with Crippen LogP contribution in [-0.2, 0) is 0 Å². The Bertz CT molecular complexity index is 233. The van der Waals surface area contributed by atoms with E-state index in [2.05, 4.69) is 24.2 Å². The summed E-state index contributed by atoms with van der Waals surface area (Å²) in [6, 6.07) is 0. The first-order valence-electron chi connectivity index (χ1n) is 11.4. The second-order valence-electron chi connectivity index (χ2n) is 7.79. The lowest BCUT2D eigenvalue weighted by molar-refractivity contribution is 0.315. The summed E-state index contributed by atoms with van der Waals surface area (Å²) in [5.41, 5.74) is 5.49. The molecule has 25 heavy (non-hydrogen) atoms. The molecule has 3 heteroatoms. The summed E-state index contributed by atoms with van der Waals surface area (Å²) in [6.07, 6.45) is 20.7. The molecule has 152 valence electrons. The van der Waals surface area contributed by atoms with Crippen molar-refractivity contribution in [1.82, 2.24) is 10.2 Å². The van der Waals surface area contributed by atoms with Crippen LogP contribution in [-0.4, -0.2) is 44.7 Å². The van der Waals surface area contributed by atoms with Crippen molar-refractivity contribution < 1.29 is 0 Å². The van der Waals surface area contributed by atoms with E-state index in [4.69, 9.17) is 5.73 Å². The number of nitrogens with one attached hydrogen (secondary N) is 1. The van der Waals surface area contributed by atoms with Crippen molar-refractivity contribution in [1.29, 1.82) is 0 Å². The van der Waals surface area contributed by atoms with E-state index in [1.807, 2.05) is 0 Å². The van der Waals surface area contributed by atoms with Crippen molar-refractivity contribution in [2.75, 3.05) is 39.8 Å². The average Bonchev–Trinajstić information content (AvgIpc) is 2.61. The van der Waals surface area contributed by atoms with Crippen LogP contribution in [0, 0.1) is 0 Å². The van der Waals surface area contributed by atoms with E-state index in [9.17, 15) is 0 Å². The van der Waals surface area contributed by atoms with Gasteiger partial charge in [-0.1, -0.05) is 71.1 Å². The fourth-order valence-corrected chi connectivity index (χ4v) is 3.31. The van der Waals surface area contributed by atoms with Gasteiger partial charge in [-0.15, -0.1) is 0 Å². The molecule has 0 spiro atoms. The van der Waals surface area contributed by atoms with E-state index in [1.54, 1.807) is 0 Å². The predicted octanol–water partition coefficient (Wildman–Crippen LogP) is 5.34. The Kier molecular flexibility index (Phi) is 21.8.